The predicted molar refractivity (Wildman–Crippen MR) is 89.0 cm³/mol. The van der Waals surface area contributed by atoms with Gasteiger partial charge in [0.05, 0.1) is 6.10 Å². The van der Waals surface area contributed by atoms with Crippen molar-refractivity contribution < 1.29 is 5.11 Å². The Morgan fingerprint density at radius 1 is 1.00 bits per heavy atom. The molecule has 21 heavy (non-hydrogen) atoms. The molecule has 0 saturated heterocycles. The van der Waals surface area contributed by atoms with Crippen LogP contribution in [0.1, 0.15) is 24.2 Å². The summed E-state index contributed by atoms with van der Waals surface area (Å²) in [6, 6.07) is 20.1. The number of benzene rings is 2. The first-order valence-corrected chi connectivity index (χ1v) is 7.33. The summed E-state index contributed by atoms with van der Waals surface area (Å²) in [5.74, 6) is 0. The second-order valence-electron chi connectivity index (χ2n) is 5.35. The zero-order valence-electron chi connectivity index (χ0n) is 12.7. The molecule has 0 saturated carbocycles. The molecular weight excluding hydrogens is 258 g/mol. The second-order valence-corrected chi connectivity index (χ2v) is 5.35. The molecule has 2 aromatic rings. The van der Waals surface area contributed by atoms with Gasteiger partial charge >= 0.3 is 0 Å². The van der Waals surface area contributed by atoms with Gasteiger partial charge in [-0.15, -0.1) is 0 Å². The van der Waals surface area contributed by atoms with Crippen molar-refractivity contribution >= 4 is 6.08 Å². The van der Waals surface area contributed by atoms with Crippen molar-refractivity contribution in [3.8, 4) is 0 Å². The molecule has 0 bridgehead atoms. The molecule has 0 amide bonds. The monoisotopic (exact) mass is 281 g/mol. The zero-order valence-corrected chi connectivity index (χ0v) is 12.7. The quantitative estimate of drug-likeness (QED) is 0.871. The molecule has 2 nitrogen and oxygen atoms in total. The first-order chi connectivity index (χ1) is 10.2. The van der Waals surface area contributed by atoms with E-state index in [9.17, 15) is 5.11 Å². The number of rotatable bonds is 6. The van der Waals surface area contributed by atoms with Gasteiger partial charge in [0.25, 0.3) is 0 Å². The van der Waals surface area contributed by atoms with E-state index in [0.29, 0.717) is 0 Å². The minimum atomic E-state index is -0.471. The van der Waals surface area contributed by atoms with Crippen LogP contribution in [0.25, 0.3) is 6.08 Å². The molecule has 0 unspecified atom stereocenters. The fourth-order valence-corrected chi connectivity index (χ4v) is 2.26. The highest BCUT2D eigenvalue weighted by Gasteiger charge is 2.19. The van der Waals surface area contributed by atoms with Crippen molar-refractivity contribution in [3.05, 3.63) is 77.9 Å². The van der Waals surface area contributed by atoms with Gasteiger partial charge in [-0.1, -0.05) is 72.8 Å². The molecule has 2 rings (SSSR count). The van der Waals surface area contributed by atoms with Crippen molar-refractivity contribution in [1.82, 2.24) is 4.90 Å². The van der Waals surface area contributed by atoms with Gasteiger partial charge in [0.1, 0.15) is 0 Å². The molecule has 0 aliphatic carbocycles. The normalized spacial score (nSPS) is 14.5. The smallest absolute Gasteiger partial charge is 0.0942 e. The average molecular weight is 281 g/mol. The third-order valence-corrected chi connectivity index (χ3v) is 3.80. The van der Waals surface area contributed by atoms with Crippen LogP contribution in [0.3, 0.4) is 0 Å². The summed E-state index contributed by atoms with van der Waals surface area (Å²) in [7, 11) is 2.03. The second kappa shape index (κ2) is 7.77. The summed E-state index contributed by atoms with van der Waals surface area (Å²) < 4.78 is 0. The summed E-state index contributed by atoms with van der Waals surface area (Å²) in [4.78, 5) is 2.15. The lowest BCUT2D eigenvalue weighted by Gasteiger charge is -2.28. The van der Waals surface area contributed by atoms with Gasteiger partial charge in [0, 0.05) is 12.6 Å². The Kier molecular flexibility index (Phi) is 5.73. The highest BCUT2D eigenvalue weighted by atomic mass is 16.3. The minimum absolute atomic E-state index is 0.0628. The molecule has 0 aliphatic rings. The van der Waals surface area contributed by atoms with E-state index in [-0.39, 0.29) is 6.04 Å². The Hall–Kier alpha value is -1.90. The minimum Gasteiger partial charge on any atom is -0.387 e. The summed E-state index contributed by atoms with van der Waals surface area (Å²) in [5.41, 5.74) is 2.16. The molecule has 0 aliphatic heterocycles. The number of hydrogen-bond acceptors (Lipinski definition) is 2. The summed E-state index contributed by atoms with van der Waals surface area (Å²) in [5, 5.41) is 10.4. The van der Waals surface area contributed by atoms with Crippen LogP contribution in [0.15, 0.2) is 66.7 Å². The first kappa shape index (κ1) is 15.5. The van der Waals surface area contributed by atoms with Crippen LogP contribution in [0, 0.1) is 0 Å². The van der Waals surface area contributed by atoms with Crippen molar-refractivity contribution in [2.75, 3.05) is 13.6 Å². The Labute approximate surface area is 127 Å². The van der Waals surface area contributed by atoms with Crippen LogP contribution >= 0.6 is 0 Å². The lowest BCUT2D eigenvalue weighted by molar-refractivity contribution is 0.0787. The standard InChI is InChI=1S/C19H23NO/c1-16(19(21)18-13-7-4-8-14-18)20(2)15-9-12-17-10-5-3-6-11-17/h3-14,16,19,21H,15H2,1-2H3/b12-9+/t16-,19+/m1/s1. The van der Waals surface area contributed by atoms with Crippen molar-refractivity contribution in [3.63, 3.8) is 0 Å². The van der Waals surface area contributed by atoms with Gasteiger partial charge in [0.2, 0.25) is 0 Å². The fourth-order valence-electron chi connectivity index (χ4n) is 2.26. The van der Waals surface area contributed by atoms with E-state index >= 15 is 0 Å². The van der Waals surface area contributed by atoms with Crippen molar-refractivity contribution in [1.29, 1.82) is 0 Å². The number of aliphatic hydroxyl groups excluding tert-OH is 1. The van der Waals surface area contributed by atoms with Gasteiger partial charge < -0.3 is 5.11 Å². The summed E-state index contributed by atoms with van der Waals surface area (Å²) in [6.07, 6.45) is 3.77. The number of aliphatic hydroxyl groups is 1. The lowest BCUT2D eigenvalue weighted by Crippen LogP contribution is -2.34. The maximum absolute atomic E-state index is 10.4. The van der Waals surface area contributed by atoms with E-state index in [1.165, 1.54) is 5.56 Å². The number of nitrogens with zero attached hydrogens (tertiary/aromatic N) is 1. The maximum Gasteiger partial charge on any atom is 0.0942 e. The van der Waals surface area contributed by atoms with Gasteiger partial charge in [-0.25, -0.2) is 0 Å². The number of likely N-dealkylation sites (N-methyl/N-ethyl adjacent to an activating group) is 1. The molecule has 1 N–H and O–H groups in total. The van der Waals surface area contributed by atoms with E-state index in [2.05, 4.69) is 29.2 Å². The van der Waals surface area contributed by atoms with Gasteiger partial charge in [-0.2, -0.15) is 0 Å². The van der Waals surface area contributed by atoms with E-state index in [1.54, 1.807) is 0 Å². The third kappa shape index (κ3) is 4.55. The zero-order chi connectivity index (χ0) is 15.1. The highest BCUT2D eigenvalue weighted by molar-refractivity contribution is 5.48. The molecule has 110 valence electrons. The SMILES string of the molecule is C[C@H]([C@H](O)c1ccccc1)N(C)C/C=C/c1ccccc1. The highest BCUT2D eigenvalue weighted by Crippen LogP contribution is 2.19. The Morgan fingerprint density at radius 3 is 2.19 bits per heavy atom. The molecule has 2 atom stereocenters. The lowest BCUT2D eigenvalue weighted by atomic mass is 10.0. The Morgan fingerprint density at radius 2 is 1.57 bits per heavy atom. The molecule has 0 spiro atoms. The molecule has 0 aromatic heterocycles. The third-order valence-electron chi connectivity index (χ3n) is 3.80. The average Bonchev–Trinajstić information content (AvgIpc) is 2.55. The number of hydrogen-bond donors (Lipinski definition) is 1. The van der Waals surface area contributed by atoms with E-state index < -0.39 is 6.10 Å². The van der Waals surface area contributed by atoms with Crippen LogP contribution in [-0.4, -0.2) is 29.6 Å². The van der Waals surface area contributed by atoms with Crippen LogP contribution in [0.2, 0.25) is 0 Å². The van der Waals surface area contributed by atoms with Crippen LogP contribution in [0.4, 0.5) is 0 Å². The van der Waals surface area contributed by atoms with Crippen molar-refractivity contribution in [2.24, 2.45) is 0 Å². The largest absolute Gasteiger partial charge is 0.387 e. The van der Waals surface area contributed by atoms with Crippen LogP contribution in [-0.2, 0) is 0 Å². The predicted octanol–water partition coefficient (Wildman–Crippen LogP) is 3.75. The van der Waals surface area contributed by atoms with Gasteiger partial charge in [0.15, 0.2) is 0 Å². The molecule has 0 radical (unpaired) electrons. The molecule has 2 heteroatoms. The molecular formula is C19H23NO. The molecule has 0 fully saturated rings. The molecule has 0 heterocycles. The van der Waals surface area contributed by atoms with Gasteiger partial charge in [-0.3, -0.25) is 4.90 Å². The van der Waals surface area contributed by atoms with Crippen molar-refractivity contribution in [2.45, 2.75) is 19.1 Å². The summed E-state index contributed by atoms with van der Waals surface area (Å²) in [6.45, 7) is 2.86. The van der Waals surface area contributed by atoms with E-state index in [4.69, 9.17) is 0 Å². The fraction of sp³-hybridized carbons (Fsp3) is 0.263. The van der Waals surface area contributed by atoms with E-state index in [0.717, 1.165) is 12.1 Å². The first-order valence-electron chi connectivity index (χ1n) is 7.33. The molecule has 2 aromatic carbocycles. The van der Waals surface area contributed by atoms with Crippen LogP contribution < -0.4 is 0 Å². The van der Waals surface area contributed by atoms with E-state index in [1.807, 2.05) is 62.5 Å². The Bertz CT molecular complexity index is 550. The van der Waals surface area contributed by atoms with Crippen LogP contribution in [0.5, 0.6) is 0 Å². The maximum atomic E-state index is 10.4. The Balaban J connectivity index is 1.91. The van der Waals surface area contributed by atoms with Gasteiger partial charge in [-0.05, 0) is 25.1 Å². The summed E-state index contributed by atoms with van der Waals surface area (Å²) >= 11 is 0. The topological polar surface area (TPSA) is 23.5 Å².